The number of rotatable bonds is 3. The highest BCUT2D eigenvalue weighted by atomic mass is 79.9. The Morgan fingerprint density at radius 2 is 1.56 bits per heavy atom. The molecular weight excluding hydrogens is 424 g/mol. The number of halogens is 2. The number of hydrogen-bond donors (Lipinski definition) is 0. The lowest BCUT2D eigenvalue weighted by molar-refractivity contribution is -0.113. The van der Waals surface area contributed by atoms with E-state index >= 15 is 0 Å². The van der Waals surface area contributed by atoms with E-state index in [2.05, 4.69) is 20.9 Å². The van der Waals surface area contributed by atoms with Crippen LogP contribution in [-0.4, -0.2) is 11.7 Å². The minimum absolute atomic E-state index is 0.168. The zero-order valence-electron chi connectivity index (χ0n) is 14.1. The molecule has 0 unspecified atom stereocenters. The quantitative estimate of drug-likeness (QED) is 0.467. The normalized spacial score (nSPS) is 15.3. The second-order valence-corrected chi connectivity index (χ2v) is 7.35. The summed E-state index contributed by atoms with van der Waals surface area (Å²) in [6, 6.07) is 24.6. The Morgan fingerprint density at radius 3 is 2.22 bits per heavy atom. The molecular formula is C22H14BrClN2O. The van der Waals surface area contributed by atoms with E-state index in [0.717, 1.165) is 21.3 Å². The van der Waals surface area contributed by atoms with Crippen molar-refractivity contribution in [2.75, 3.05) is 4.90 Å². The summed E-state index contributed by atoms with van der Waals surface area (Å²) in [7, 11) is 0. The van der Waals surface area contributed by atoms with Crippen LogP contribution in [0.25, 0.3) is 6.08 Å². The molecule has 0 N–H and O–H groups in total. The molecule has 3 aromatic carbocycles. The molecule has 0 saturated carbocycles. The summed E-state index contributed by atoms with van der Waals surface area (Å²) in [5, 5.41) is 0.620. The van der Waals surface area contributed by atoms with Gasteiger partial charge in [0, 0.05) is 15.1 Å². The van der Waals surface area contributed by atoms with Crippen LogP contribution in [0.4, 0.5) is 5.69 Å². The number of benzene rings is 3. The van der Waals surface area contributed by atoms with Gasteiger partial charge in [-0.3, -0.25) is 9.69 Å². The fraction of sp³-hybridized carbons (Fsp3) is 0. The first-order valence-corrected chi connectivity index (χ1v) is 9.50. The average Bonchev–Trinajstić information content (AvgIpc) is 3.01. The van der Waals surface area contributed by atoms with Crippen molar-refractivity contribution in [3.63, 3.8) is 0 Å². The van der Waals surface area contributed by atoms with Gasteiger partial charge >= 0.3 is 0 Å². The lowest BCUT2D eigenvalue weighted by Crippen LogP contribution is -2.32. The van der Waals surface area contributed by atoms with E-state index in [4.69, 9.17) is 11.6 Å². The third kappa shape index (κ3) is 3.72. The Hall–Kier alpha value is -2.69. The Labute approximate surface area is 170 Å². The molecule has 0 radical (unpaired) electrons. The van der Waals surface area contributed by atoms with Crippen molar-refractivity contribution in [1.82, 2.24) is 0 Å². The van der Waals surface area contributed by atoms with Crippen LogP contribution in [-0.2, 0) is 4.79 Å². The molecule has 3 nitrogen and oxygen atoms in total. The fourth-order valence-corrected chi connectivity index (χ4v) is 3.23. The second-order valence-electron chi connectivity index (χ2n) is 6.00. The molecule has 4 rings (SSSR count). The molecule has 0 aromatic heterocycles. The van der Waals surface area contributed by atoms with E-state index < -0.39 is 0 Å². The first-order valence-electron chi connectivity index (χ1n) is 8.33. The van der Waals surface area contributed by atoms with Gasteiger partial charge in [-0.1, -0.05) is 70.0 Å². The summed E-state index contributed by atoms with van der Waals surface area (Å²) in [4.78, 5) is 19.4. The number of aliphatic imine (C=N–C) groups is 1. The van der Waals surface area contributed by atoms with Gasteiger partial charge in [0.2, 0.25) is 0 Å². The highest BCUT2D eigenvalue weighted by Crippen LogP contribution is 2.29. The largest absolute Gasteiger partial charge is 0.282 e. The van der Waals surface area contributed by atoms with Crippen molar-refractivity contribution in [1.29, 1.82) is 0 Å². The molecule has 1 aliphatic rings. The number of carbonyl (C=O) groups is 1. The SMILES string of the molecule is O=C1/C(=C/c2ccc(Br)cc2)N=C(c2ccccc2)N1c1ccc(Cl)cc1. The van der Waals surface area contributed by atoms with Gasteiger partial charge in [-0.15, -0.1) is 0 Å². The summed E-state index contributed by atoms with van der Waals surface area (Å²) in [5.41, 5.74) is 2.91. The molecule has 0 aliphatic carbocycles. The molecule has 0 fully saturated rings. The highest BCUT2D eigenvalue weighted by Gasteiger charge is 2.32. The van der Waals surface area contributed by atoms with Gasteiger partial charge in [0.15, 0.2) is 0 Å². The first-order chi connectivity index (χ1) is 13.1. The second kappa shape index (κ2) is 7.51. The minimum atomic E-state index is -0.168. The van der Waals surface area contributed by atoms with Gasteiger partial charge in [0.25, 0.3) is 5.91 Å². The third-order valence-electron chi connectivity index (χ3n) is 4.15. The van der Waals surface area contributed by atoms with E-state index in [1.54, 1.807) is 23.1 Å². The molecule has 132 valence electrons. The van der Waals surface area contributed by atoms with Crippen molar-refractivity contribution in [2.45, 2.75) is 0 Å². The summed E-state index contributed by atoms with van der Waals surface area (Å²) >= 11 is 9.43. The number of amides is 1. The van der Waals surface area contributed by atoms with Gasteiger partial charge in [0.05, 0.1) is 5.69 Å². The van der Waals surface area contributed by atoms with Gasteiger partial charge < -0.3 is 0 Å². The first kappa shape index (κ1) is 17.7. The molecule has 1 heterocycles. The molecule has 27 heavy (non-hydrogen) atoms. The van der Waals surface area contributed by atoms with Gasteiger partial charge in [-0.2, -0.15) is 0 Å². The van der Waals surface area contributed by atoms with E-state index in [-0.39, 0.29) is 5.91 Å². The van der Waals surface area contributed by atoms with Crippen LogP contribution in [0.2, 0.25) is 5.02 Å². The monoisotopic (exact) mass is 436 g/mol. The van der Waals surface area contributed by atoms with Gasteiger partial charge in [0.1, 0.15) is 11.5 Å². The van der Waals surface area contributed by atoms with E-state index in [0.29, 0.717) is 16.6 Å². The van der Waals surface area contributed by atoms with E-state index in [9.17, 15) is 4.79 Å². The molecule has 1 amide bonds. The maximum Gasteiger partial charge on any atom is 0.282 e. The van der Waals surface area contributed by atoms with Crippen LogP contribution < -0.4 is 4.90 Å². The Bertz CT molecular complexity index is 1040. The third-order valence-corrected chi connectivity index (χ3v) is 4.93. The minimum Gasteiger partial charge on any atom is -0.266 e. The molecule has 0 saturated heterocycles. The summed E-state index contributed by atoms with van der Waals surface area (Å²) in [6.45, 7) is 0. The predicted octanol–water partition coefficient (Wildman–Crippen LogP) is 5.94. The van der Waals surface area contributed by atoms with Crippen molar-refractivity contribution in [2.24, 2.45) is 4.99 Å². The summed E-state index contributed by atoms with van der Waals surface area (Å²) in [5.74, 6) is 0.436. The number of amidine groups is 1. The number of anilines is 1. The standard InChI is InChI=1S/C22H14BrClN2O/c23-17-8-6-15(7-9-17)14-20-22(27)26(19-12-10-18(24)11-13-19)21(25-20)16-4-2-1-3-5-16/h1-14H/b20-14-. The fourth-order valence-electron chi connectivity index (χ4n) is 2.84. The Morgan fingerprint density at radius 1 is 0.889 bits per heavy atom. The molecule has 1 aliphatic heterocycles. The lowest BCUT2D eigenvalue weighted by atomic mass is 10.1. The molecule has 3 aromatic rings. The summed E-state index contributed by atoms with van der Waals surface area (Å²) in [6.07, 6.45) is 1.80. The zero-order chi connectivity index (χ0) is 18.8. The maximum absolute atomic E-state index is 13.1. The topological polar surface area (TPSA) is 32.7 Å². The Kier molecular flexibility index (Phi) is 4.92. The molecule has 0 atom stereocenters. The smallest absolute Gasteiger partial charge is 0.266 e. The van der Waals surface area contributed by atoms with Crippen LogP contribution in [0, 0.1) is 0 Å². The van der Waals surface area contributed by atoms with Crippen LogP contribution >= 0.6 is 27.5 Å². The van der Waals surface area contributed by atoms with Crippen molar-refractivity contribution in [3.05, 3.63) is 105 Å². The van der Waals surface area contributed by atoms with Gasteiger partial charge in [-0.05, 0) is 48.0 Å². The predicted molar refractivity (Wildman–Crippen MR) is 114 cm³/mol. The van der Waals surface area contributed by atoms with E-state index in [1.807, 2.05) is 66.7 Å². The zero-order valence-corrected chi connectivity index (χ0v) is 16.5. The lowest BCUT2D eigenvalue weighted by Gasteiger charge is -2.18. The summed E-state index contributed by atoms with van der Waals surface area (Å²) < 4.78 is 0.985. The van der Waals surface area contributed by atoms with E-state index in [1.165, 1.54) is 0 Å². The number of nitrogens with zero attached hydrogens (tertiary/aromatic N) is 2. The van der Waals surface area contributed by atoms with Gasteiger partial charge in [-0.25, -0.2) is 4.99 Å². The molecule has 0 bridgehead atoms. The number of hydrogen-bond acceptors (Lipinski definition) is 2. The van der Waals surface area contributed by atoms with Crippen LogP contribution in [0.1, 0.15) is 11.1 Å². The van der Waals surface area contributed by atoms with Crippen molar-refractivity contribution in [3.8, 4) is 0 Å². The Balaban J connectivity index is 1.80. The van der Waals surface area contributed by atoms with Crippen molar-refractivity contribution >= 4 is 51.0 Å². The molecule has 5 heteroatoms. The molecule has 0 spiro atoms. The maximum atomic E-state index is 13.1. The van der Waals surface area contributed by atoms with Crippen LogP contribution in [0.5, 0.6) is 0 Å². The van der Waals surface area contributed by atoms with Crippen LogP contribution in [0.3, 0.4) is 0 Å². The number of carbonyl (C=O) groups excluding carboxylic acids is 1. The van der Waals surface area contributed by atoms with Crippen molar-refractivity contribution < 1.29 is 4.79 Å². The highest BCUT2D eigenvalue weighted by molar-refractivity contribution is 9.10. The average molecular weight is 438 g/mol. The van der Waals surface area contributed by atoms with Crippen LogP contribution in [0.15, 0.2) is 94.0 Å².